The fraction of sp³-hybridized carbons (Fsp3) is 0.625. The Morgan fingerprint density at radius 1 is 1.08 bits per heavy atom. The number of piperazine rings is 1. The molecule has 0 bridgehead atoms. The van der Waals surface area contributed by atoms with Crippen LogP contribution in [-0.2, 0) is 24.4 Å². The first-order chi connectivity index (χ1) is 17.9. The summed E-state index contributed by atoms with van der Waals surface area (Å²) in [7, 11) is -0.0794. The molecule has 2 aliphatic heterocycles. The first-order valence-electron chi connectivity index (χ1n) is 12.5. The standard InChI is InChI=1S/C24H35Cl2N5O6S/c1-28(2)8-9-29-10-12-30(13-11-29)22(32)6-5-20(24(34)35)27-23(33)21-4-3-7-31(21)38(36,37)19-15-17(25)14-18(26)16-19/h14-16,20-21H,3-13H2,1-2H3,(H,27,33)(H,34,35)/t20-,21-/m0/s1. The van der Waals surface area contributed by atoms with Crippen molar-refractivity contribution >= 4 is 51.0 Å². The minimum Gasteiger partial charge on any atom is -0.480 e. The van der Waals surface area contributed by atoms with E-state index in [2.05, 4.69) is 15.1 Å². The molecule has 2 N–H and O–H groups in total. The van der Waals surface area contributed by atoms with Gasteiger partial charge in [0.1, 0.15) is 12.1 Å². The molecular formula is C24H35Cl2N5O6S. The Hall–Kier alpha value is -1.96. The van der Waals surface area contributed by atoms with Crippen molar-refractivity contribution in [1.29, 1.82) is 0 Å². The number of hydrogen-bond donors (Lipinski definition) is 2. The number of carboxylic acid groups (broad SMARTS) is 1. The van der Waals surface area contributed by atoms with E-state index in [1.807, 2.05) is 14.1 Å². The summed E-state index contributed by atoms with van der Waals surface area (Å²) in [6.07, 6.45) is 0.540. The zero-order valence-corrected chi connectivity index (χ0v) is 23.9. The van der Waals surface area contributed by atoms with Gasteiger partial charge >= 0.3 is 5.97 Å². The summed E-state index contributed by atoms with van der Waals surface area (Å²) in [6.45, 7) is 4.59. The zero-order valence-electron chi connectivity index (χ0n) is 21.6. The minimum atomic E-state index is -4.10. The highest BCUT2D eigenvalue weighted by molar-refractivity contribution is 7.89. The van der Waals surface area contributed by atoms with E-state index in [9.17, 15) is 27.9 Å². The third kappa shape index (κ3) is 8.03. The lowest BCUT2D eigenvalue weighted by atomic mass is 10.1. The van der Waals surface area contributed by atoms with E-state index in [0.717, 1.165) is 30.5 Å². The highest BCUT2D eigenvalue weighted by Crippen LogP contribution is 2.30. The molecule has 11 nitrogen and oxygen atoms in total. The fourth-order valence-corrected chi connectivity index (χ4v) is 7.00. The summed E-state index contributed by atoms with van der Waals surface area (Å²) >= 11 is 11.9. The van der Waals surface area contributed by atoms with Crippen molar-refractivity contribution in [3.63, 3.8) is 0 Å². The largest absolute Gasteiger partial charge is 0.480 e. The highest BCUT2D eigenvalue weighted by atomic mass is 35.5. The van der Waals surface area contributed by atoms with Crippen molar-refractivity contribution in [3.8, 4) is 0 Å². The fourth-order valence-electron chi connectivity index (χ4n) is 4.62. The van der Waals surface area contributed by atoms with E-state index in [0.29, 0.717) is 19.5 Å². The van der Waals surface area contributed by atoms with Gasteiger partial charge in [0.2, 0.25) is 21.8 Å². The van der Waals surface area contributed by atoms with E-state index in [1.54, 1.807) is 4.90 Å². The Bertz CT molecular complexity index is 1110. The third-order valence-electron chi connectivity index (χ3n) is 6.80. The van der Waals surface area contributed by atoms with Crippen molar-refractivity contribution in [1.82, 2.24) is 24.3 Å². The number of halogens is 2. The van der Waals surface area contributed by atoms with Gasteiger partial charge in [-0.25, -0.2) is 13.2 Å². The smallest absolute Gasteiger partial charge is 0.326 e. The second-order valence-electron chi connectivity index (χ2n) is 9.84. The van der Waals surface area contributed by atoms with Crippen LogP contribution in [0.5, 0.6) is 0 Å². The van der Waals surface area contributed by atoms with Gasteiger partial charge in [-0.05, 0) is 51.6 Å². The van der Waals surface area contributed by atoms with Crippen LogP contribution in [0.15, 0.2) is 23.1 Å². The van der Waals surface area contributed by atoms with Crippen LogP contribution in [-0.4, -0.2) is 122 Å². The number of carbonyl (C=O) groups excluding carboxylic acids is 2. The van der Waals surface area contributed by atoms with E-state index < -0.39 is 34.0 Å². The van der Waals surface area contributed by atoms with Gasteiger partial charge in [0.25, 0.3) is 0 Å². The monoisotopic (exact) mass is 591 g/mol. The van der Waals surface area contributed by atoms with Crippen LogP contribution in [0.1, 0.15) is 25.7 Å². The minimum absolute atomic E-state index is 0.0391. The molecule has 2 atom stereocenters. The van der Waals surface area contributed by atoms with Crippen molar-refractivity contribution in [2.75, 3.05) is 59.9 Å². The molecule has 38 heavy (non-hydrogen) atoms. The Kier molecular flexibility index (Phi) is 10.8. The first-order valence-corrected chi connectivity index (χ1v) is 14.7. The van der Waals surface area contributed by atoms with Gasteiger partial charge in [-0.1, -0.05) is 23.2 Å². The highest BCUT2D eigenvalue weighted by Gasteiger charge is 2.40. The predicted molar refractivity (Wildman–Crippen MR) is 144 cm³/mol. The number of amides is 2. The molecule has 0 aromatic heterocycles. The molecule has 0 saturated carbocycles. The Labute approximate surface area is 233 Å². The van der Waals surface area contributed by atoms with Gasteiger partial charge in [-0.15, -0.1) is 0 Å². The molecule has 212 valence electrons. The van der Waals surface area contributed by atoms with E-state index in [4.69, 9.17) is 23.2 Å². The zero-order chi connectivity index (χ0) is 28.0. The number of likely N-dealkylation sites (N-methyl/N-ethyl adjacent to an activating group) is 1. The summed E-state index contributed by atoms with van der Waals surface area (Å²) < 4.78 is 27.5. The predicted octanol–water partition coefficient (Wildman–Crippen LogP) is 1.20. The molecule has 2 saturated heterocycles. The summed E-state index contributed by atoms with van der Waals surface area (Å²) in [5.74, 6) is -2.16. The van der Waals surface area contributed by atoms with Crippen LogP contribution in [0.25, 0.3) is 0 Å². The summed E-state index contributed by atoms with van der Waals surface area (Å²) in [4.78, 5) is 43.6. The average molecular weight is 593 g/mol. The van der Waals surface area contributed by atoms with Crippen molar-refractivity contribution in [3.05, 3.63) is 28.2 Å². The summed E-state index contributed by atoms with van der Waals surface area (Å²) in [5.41, 5.74) is 0. The second kappa shape index (κ2) is 13.4. The lowest BCUT2D eigenvalue weighted by molar-refractivity contribution is -0.143. The Morgan fingerprint density at radius 3 is 2.29 bits per heavy atom. The molecule has 3 rings (SSSR count). The quantitative estimate of drug-likeness (QED) is 0.392. The van der Waals surface area contributed by atoms with Crippen LogP contribution in [0.3, 0.4) is 0 Å². The lowest BCUT2D eigenvalue weighted by Crippen LogP contribution is -2.52. The van der Waals surface area contributed by atoms with E-state index >= 15 is 0 Å². The molecule has 2 fully saturated rings. The number of hydrogen-bond acceptors (Lipinski definition) is 7. The molecule has 2 aliphatic rings. The number of carboxylic acids is 1. The van der Waals surface area contributed by atoms with Crippen LogP contribution in [0, 0.1) is 0 Å². The normalized spacial score (nSPS) is 20.0. The number of nitrogens with zero attached hydrogens (tertiary/aromatic N) is 4. The van der Waals surface area contributed by atoms with Gasteiger partial charge in [-0.3, -0.25) is 14.5 Å². The number of rotatable bonds is 11. The topological polar surface area (TPSA) is 131 Å². The molecule has 1 aromatic carbocycles. The molecular weight excluding hydrogens is 557 g/mol. The van der Waals surface area contributed by atoms with Crippen molar-refractivity contribution < 1.29 is 27.9 Å². The lowest BCUT2D eigenvalue weighted by Gasteiger charge is -2.35. The molecule has 2 heterocycles. The van der Waals surface area contributed by atoms with Crippen molar-refractivity contribution in [2.45, 2.75) is 42.7 Å². The van der Waals surface area contributed by atoms with E-state index in [1.165, 1.54) is 18.2 Å². The van der Waals surface area contributed by atoms with Crippen LogP contribution in [0.2, 0.25) is 10.0 Å². The maximum absolute atomic E-state index is 13.2. The average Bonchev–Trinajstić information content (AvgIpc) is 3.36. The second-order valence-corrected chi connectivity index (χ2v) is 12.6. The van der Waals surface area contributed by atoms with E-state index in [-0.39, 0.29) is 46.7 Å². The van der Waals surface area contributed by atoms with Crippen molar-refractivity contribution in [2.24, 2.45) is 0 Å². The Morgan fingerprint density at radius 2 is 1.71 bits per heavy atom. The van der Waals surface area contributed by atoms with Gasteiger partial charge in [0, 0.05) is 62.3 Å². The first kappa shape index (κ1) is 30.6. The maximum atomic E-state index is 13.2. The number of carbonyl (C=O) groups is 3. The van der Waals surface area contributed by atoms with Gasteiger partial charge in [0.15, 0.2) is 0 Å². The number of nitrogens with one attached hydrogen (secondary N) is 1. The maximum Gasteiger partial charge on any atom is 0.326 e. The van der Waals surface area contributed by atoms with Crippen LogP contribution in [0.4, 0.5) is 0 Å². The van der Waals surface area contributed by atoms with Crippen LogP contribution >= 0.6 is 23.2 Å². The van der Waals surface area contributed by atoms with Gasteiger partial charge < -0.3 is 20.2 Å². The molecule has 0 aliphatic carbocycles. The van der Waals surface area contributed by atoms with Gasteiger partial charge in [0.05, 0.1) is 4.90 Å². The molecule has 0 unspecified atom stereocenters. The summed E-state index contributed by atoms with van der Waals surface area (Å²) in [5, 5.41) is 12.4. The SMILES string of the molecule is CN(C)CCN1CCN(C(=O)CC[C@H](NC(=O)[C@@H]2CCCN2S(=O)(=O)c2cc(Cl)cc(Cl)c2)C(=O)O)CC1. The molecule has 0 spiro atoms. The number of benzene rings is 1. The Balaban J connectivity index is 1.57. The summed E-state index contributed by atoms with van der Waals surface area (Å²) in [6, 6.07) is 1.51. The third-order valence-corrected chi connectivity index (χ3v) is 9.12. The van der Waals surface area contributed by atoms with Gasteiger partial charge in [-0.2, -0.15) is 4.31 Å². The number of sulfonamides is 1. The molecule has 0 radical (unpaired) electrons. The molecule has 2 amide bonds. The number of aliphatic carboxylic acids is 1. The molecule has 1 aromatic rings. The van der Waals surface area contributed by atoms with Crippen LogP contribution < -0.4 is 5.32 Å². The molecule has 14 heteroatoms.